The minimum atomic E-state index is -0.602. The van der Waals surface area contributed by atoms with E-state index in [0.29, 0.717) is 28.1 Å². The molecule has 1 aromatic heterocycles. The Balaban J connectivity index is 1.53. The van der Waals surface area contributed by atoms with Crippen LogP contribution in [0.3, 0.4) is 0 Å². The van der Waals surface area contributed by atoms with Crippen molar-refractivity contribution in [2.75, 3.05) is 19.5 Å². The molecule has 9 heteroatoms. The maximum atomic E-state index is 13.3. The van der Waals surface area contributed by atoms with E-state index in [1.807, 2.05) is 32.0 Å². The molecule has 2 amide bonds. The van der Waals surface area contributed by atoms with E-state index >= 15 is 0 Å². The van der Waals surface area contributed by atoms with Gasteiger partial charge in [-0.05, 0) is 61.4 Å². The number of methoxy groups -OCH3 is 2. The van der Waals surface area contributed by atoms with Gasteiger partial charge in [0.25, 0.3) is 0 Å². The molecule has 1 saturated heterocycles. The zero-order chi connectivity index (χ0) is 24.9. The van der Waals surface area contributed by atoms with E-state index in [2.05, 4.69) is 11.4 Å². The number of furan rings is 1. The average molecular weight is 494 g/mol. The van der Waals surface area contributed by atoms with Crippen LogP contribution in [0.15, 0.2) is 64.2 Å². The van der Waals surface area contributed by atoms with E-state index in [-0.39, 0.29) is 24.8 Å². The van der Waals surface area contributed by atoms with Gasteiger partial charge in [0, 0.05) is 18.2 Å². The second-order valence-corrected chi connectivity index (χ2v) is 9.34. The molecule has 1 aliphatic heterocycles. The molecule has 0 spiro atoms. The second kappa shape index (κ2) is 10.7. The number of carbonyl (C=O) groups is 2. The number of rotatable bonds is 8. The number of hydrogen-bond acceptors (Lipinski definition) is 7. The SMILES string of the molecule is COc1ccc(NC(=O)CC2SC(=Nc3cc(C)cc(C)c3)N(Cc3ccco3)C2=O)cc1OC. The van der Waals surface area contributed by atoms with E-state index in [0.717, 1.165) is 16.8 Å². The van der Waals surface area contributed by atoms with Crippen LogP contribution >= 0.6 is 11.8 Å². The molecule has 3 aromatic rings. The fraction of sp³-hybridized carbons (Fsp3) is 0.269. The molecular weight excluding hydrogens is 466 g/mol. The summed E-state index contributed by atoms with van der Waals surface area (Å²) in [7, 11) is 3.08. The van der Waals surface area contributed by atoms with Gasteiger partial charge in [0.15, 0.2) is 16.7 Å². The predicted octanol–water partition coefficient (Wildman–Crippen LogP) is 5.07. The molecule has 1 atom stereocenters. The summed E-state index contributed by atoms with van der Waals surface area (Å²) in [5.74, 6) is 1.24. The zero-order valence-electron chi connectivity index (χ0n) is 20.0. The Bertz CT molecular complexity index is 1240. The lowest BCUT2D eigenvalue weighted by molar-refractivity contribution is -0.128. The fourth-order valence-electron chi connectivity index (χ4n) is 3.85. The lowest BCUT2D eigenvalue weighted by Crippen LogP contribution is -2.33. The van der Waals surface area contributed by atoms with Crippen LogP contribution in [-0.2, 0) is 16.1 Å². The molecule has 1 unspecified atom stereocenters. The molecule has 2 heterocycles. The lowest BCUT2D eigenvalue weighted by Gasteiger charge is -2.15. The fourth-order valence-corrected chi connectivity index (χ4v) is 5.01. The van der Waals surface area contributed by atoms with Crippen LogP contribution in [-0.4, -0.2) is 41.4 Å². The van der Waals surface area contributed by atoms with Crippen molar-refractivity contribution in [3.63, 3.8) is 0 Å². The van der Waals surface area contributed by atoms with Gasteiger partial charge in [-0.3, -0.25) is 14.5 Å². The summed E-state index contributed by atoms with van der Waals surface area (Å²) in [6.07, 6.45) is 1.57. The molecule has 0 radical (unpaired) electrons. The van der Waals surface area contributed by atoms with E-state index in [9.17, 15) is 9.59 Å². The Morgan fingerprint density at radius 3 is 2.49 bits per heavy atom. The molecule has 0 bridgehead atoms. The van der Waals surface area contributed by atoms with Gasteiger partial charge in [-0.25, -0.2) is 4.99 Å². The molecule has 1 fully saturated rings. The van der Waals surface area contributed by atoms with Gasteiger partial charge in [0.1, 0.15) is 11.0 Å². The number of amides is 2. The molecule has 1 N–H and O–H groups in total. The van der Waals surface area contributed by atoms with Crippen molar-refractivity contribution < 1.29 is 23.5 Å². The van der Waals surface area contributed by atoms with Crippen molar-refractivity contribution in [1.29, 1.82) is 0 Å². The number of aryl methyl sites for hydroxylation is 2. The highest BCUT2D eigenvalue weighted by Crippen LogP contribution is 2.34. The van der Waals surface area contributed by atoms with Crippen molar-refractivity contribution in [1.82, 2.24) is 4.90 Å². The topological polar surface area (TPSA) is 93.4 Å². The van der Waals surface area contributed by atoms with Crippen LogP contribution in [0.5, 0.6) is 11.5 Å². The van der Waals surface area contributed by atoms with Crippen LogP contribution in [0.1, 0.15) is 23.3 Å². The number of nitrogens with one attached hydrogen (secondary N) is 1. The number of ether oxygens (including phenoxy) is 2. The monoisotopic (exact) mass is 493 g/mol. The Morgan fingerprint density at radius 2 is 1.83 bits per heavy atom. The van der Waals surface area contributed by atoms with E-state index in [1.54, 1.807) is 42.5 Å². The van der Waals surface area contributed by atoms with E-state index < -0.39 is 5.25 Å². The molecule has 4 rings (SSSR count). The number of hydrogen-bond donors (Lipinski definition) is 1. The van der Waals surface area contributed by atoms with Gasteiger partial charge in [-0.2, -0.15) is 0 Å². The van der Waals surface area contributed by atoms with E-state index in [1.165, 1.54) is 18.9 Å². The molecule has 8 nitrogen and oxygen atoms in total. The number of nitrogens with zero attached hydrogens (tertiary/aromatic N) is 2. The third kappa shape index (κ3) is 5.86. The number of thioether (sulfide) groups is 1. The molecule has 182 valence electrons. The van der Waals surface area contributed by atoms with Gasteiger partial charge in [0.05, 0.1) is 32.7 Å². The molecule has 0 aliphatic carbocycles. The number of carbonyl (C=O) groups excluding carboxylic acids is 2. The van der Waals surface area contributed by atoms with Crippen LogP contribution in [0, 0.1) is 13.8 Å². The average Bonchev–Trinajstić information content (AvgIpc) is 3.42. The second-order valence-electron chi connectivity index (χ2n) is 8.17. The molecule has 35 heavy (non-hydrogen) atoms. The molecule has 0 saturated carbocycles. The first-order valence-electron chi connectivity index (χ1n) is 11.1. The quantitative estimate of drug-likeness (QED) is 0.471. The van der Waals surface area contributed by atoms with Crippen molar-refractivity contribution in [3.8, 4) is 11.5 Å². The van der Waals surface area contributed by atoms with Crippen LogP contribution in [0.25, 0.3) is 0 Å². The van der Waals surface area contributed by atoms with Crippen molar-refractivity contribution in [2.24, 2.45) is 4.99 Å². The van der Waals surface area contributed by atoms with E-state index in [4.69, 9.17) is 18.9 Å². The Labute approximate surface area is 208 Å². The van der Waals surface area contributed by atoms with Gasteiger partial charge in [0.2, 0.25) is 11.8 Å². The number of amidine groups is 1. The standard InChI is InChI=1S/C26H27N3O5S/c1-16-10-17(2)12-19(11-16)28-26-29(15-20-6-5-9-34-20)25(31)23(35-26)14-24(30)27-18-7-8-21(32-3)22(13-18)33-4/h5-13,23H,14-15H2,1-4H3,(H,27,30). The Kier molecular flexibility index (Phi) is 7.45. The third-order valence-electron chi connectivity index (χ3n) is 5.38. The molecule has 2 aromatic carbocycles. The van der Waals surface area contributed by atoms with Crippen molar-refractivity contribution >= 4 is 40.1 Å². The summed E-state index contributed by atoms with van der Waals surface area (Å²) in [6, 6.07) is 14.7. The molecule has 1 aliphatic rings. The van der Waals surface area contributed by atoms with Gasteiger partial charge >= 0.3 is 0 Å². The Morgan fingerprint density at radius 1 is 1.09 bits per heavy atom. The van der Waals surface area contributed by atoms with Crippen LogP contribution in [0.2, 0.25) is 0 Å². The maximum Gasteiger partial charge on any atom is 0.243 e. The minimum Gasteiger partial charge on any atom is -0.493 e. The lowest BCUT2D eigenvalue weighted by atomic mass is 10.1. The first-order valence-corrected chi connectivity index (χ1v) is 11.9. The highest BCUT2D eigenvalue weighted by molar-refractivity contribution is 8.15. The normalized spacial score (nSPS) is 16.6. The smallest absolute Gasteiger partial charge is 0.243 e. The first-order chi connectivity index (χ1) is 16.9. The summed E-state index contributed by atoms with van der Waals surface area (Å²) in [6.45, 7) is 4.26. The largest absolute Gasteiger partial charge is 0.493 e. The van der Waals surface area contributed by atoms with Crippen molar-refractivity contribution in [3.05, 3.63) is 71.7 Å². The summed E-state index contributed by atoms with van der Waals surface area (Å²) >= 11 is 1.29. The zero-order valence-corrected chi connectivity index (χ0v) is 20.8. The summed E-state index contributed by atoms with van der Waals surface area (Å²) < 4.78 is 16.0. The van der Waals surface area contributed by atoms with Crippen molar-refractivity contribution in [2.45, 2.75) is 32.1 Å². The summed E-state index contributed by atoms with van der Waals surface area (Å²) in [5.41, 5.74) is 3.49. The summed E-state index contributed by atoms with van der Waals surface area (Å²) in [5, 5.41) is 2.78. The summed E-state index contributed by atoms with van der Waals surface area (Å²) in [4.78, 5) is 32.5. The van der Waals surface area contributed by atoms with Crippen LogP contribution < -0.4 is 14.8 Å². The number of benzene rings is 2. The van der Waals surface area contributed by atoms with Gasteiger partial charge < -0.3 is 19.2 Å². The number of aliphatic imine (C=N–C) groups is 1. The highest BCUT2D eigenvalue weighted by atomic mass is 32.2. The minimum absolute atomic E-state index is 0.00162. The van der Waals surface area contributed by atoms with Gasteiger partial charge in [-0.15, -0.1) is 0 Å². The predicted molar refractivity (Wildman–Crippen MR) is 136 cm³/mol. The Hall–Kier alpha value is -3.72. The highest BCUT2D eigenvalue weighted by Gasteiger charge is 2.39. The molecular formula is C26H27N3O5S. The third-order valence-corrected chi connectivity index (χ3v) is 6.56. The number of anilines is 1. The maximum absolute atomic E-state index is 13.3. The van der Waals surface area contributed by atoms with Crippen LogP contribution in [0.4, 0.5) is 11.4 Å². The first kappa shape index (κ1) is 24.4. The van der Waals surface area contributed by atoms with Gasteiger partial charge in [-0.1, -0.05) is 17.8 Å².